The summed E-state index contributed by atoms with van der Waals surface area (Å²) >= 11 is 0. The molecule has 0 bridgehead atoms. The minimum absolute atomic E-state index is 0.121. The standard InChI is InChI=1S/C16H34O2/c1-13(2)11-14(3,4)12-16(7,8)18-10-9-15(5,6)17/h13,17H,9-12H2,1-8H3. The highest BCUT2D eigenvalue weighted by molar-refractivity contribution is 4.81. The van der Waals surface area contributed by atoms with Crippen LogP contribution in [0.25, 0.3) is 0 Å². The van der Waals surface area contributed by atoms with E-state index in [0.717, 1.165) is 6.42 Å². The van der Waals surface area contributed by atoms with Crippen LogP contribution in [0.5, 0.6) is 0 Å². The van der Waals surface area contributed by atoms with Crippen LogP contribution in [-0.2, 0) is 4.74 Å². The summed E-state index contributed by atoms with van der Waals surface area (Å²) in [5.41, 5.74) is -0.459. The molecular formula is C16H34O2. The first-order valence-corrected chi connectivity index (χ1v) is 7.19. The second-order valence-electron chi connectivity index (χ2n) is 8.11. The lowest BCUT2D eigenvalue weighted by molar-refractivity contribution is -0.0680. The summed E-state index contributed by atoms with van der Waals surface area (Å²) in [5, 5.41) is 9.69. The average Bonchev–Trinajstić information content (AvgIpc) is 1.93. The van der Waals surface area contributed by atoms with E-state index in [1.54, 1.807) is 0 Å². The molecule has 0 radical (unpaired) electrons. The van der Waals surface area contributed by atoms with Crippen molar-refractivity contribution in [3.63, 3.8) is 0 Å². The summed E-state index contributed by atoms with van der Waals surface area (Å²) in [6.07, 6.45) is 2.94. The van der Waals surface area contributed by atoms with Gasteiger partial charge < -0.3 is 9.84 Å². The molecule has 0 aliphatic heterocycles. The minimum atomic E-state index is -0.635. The van der Waals surface area contributed by atoms with Gasteiger partial charge in [-0.05, 0) is 58.3 Å². The average molecular weight is 258 g/mol. The van der Waals surface area contributed by atoms with Crippen LogP contribution in [0.1, 0.15) is 74.7 Å². The fourth-order valence-corrected chi connectivity index (χ4v) is 2.96. The van der Waals surface area contributed by atoms with E-state index >= 15 is 0 Å². The quantitative estimate of drug-likeness (QED) is 0.699. The second-order valence-corrected chi connectivity index (χ2v) is 8.11. The van der Waals surface area contributed by atoms with Crippen molar-refractivity contribution in [1.29, 1.82) is 0 Å². The fraction of sp³-hybridized carbons (Fsp3) is 1.00. The van der Waals surface area contributed by atoms with Gasteiger partial charge in [-0.25, -0.2) is 0 Å². The van der Waals surface area contributed by atoms with Gasteiger partial charge in [0.15, 0.2) is 0 Å². The van der Waals surface area contributed by atoms with E-state index in [2.05, 4.69) is 41.5 Å². The van der Waals surface area contributed by atoms with Gasteiger partial charge in [0, 0.05) is 0 Å². The normalized spacial score (nSPS) is 14.3. The van der Waals surface area contributed by atoms with Crippen molar-refractivity contribution in [1.82, 2.24) is 0 Å². The number of aliphatic hydroxyl groups is 1. The monoisotopic (exact) mass is 258 g/mol. The van der Waals surface area contributed by atoms with Crippen molar-refractivity contribution in [3.8, 4) is 0 Å². The molecule has 0 aliphatic carbocycles. The van der Waals surface area contributed by atoms with Crippen LogP contribution >= 0.6 is 0 Å². The van der Waals surface area contributed by atoms with Crippen LogP contribution in [0.15, 0.2) is 0 Å². The van der Waals surface area contributed by atoms with E-state index in [-0.39, 0.29) is 5.60 Å². The maximum Gasteiger partial charge on any atom is 0.0631 e. The van der Waals surface area contributed by atoms with Crippen molar-refractivity contribution < 1.29 is 9.84 Å². The molecular weight excluding hydrogens is 224 g/mol. The Bertz CT molecular complexity index is 234. The fourth-order valence-electron chi connectivity index (χ4n) is 2.96. The number of ether oxygens (including phenoxy) is 1. The van der Waals surface area contributed by atoms with Gasteiger partial charge in [-0.3, -0.25) is 0 Å². The lowest BCUT2D eigenvalue weighted by Gasteiger charge is -2.36. The molecule has 1 N–H and O–H groups in total. The smallest absolute Gasteiger partial charge is 0.0631 e. The summed E-state index contributed by atoms with van der Waals surface area (Å²) in [4.78, 5) is 0. The Morgan fingerprint density at radius 3 is 1.89 bits per heavy atom. The predicted molar refractivity (Wildman–Crippen MR) is 78.8 cm³/mol. The van der Waals surface area contributed by atoms with Crippen molar-refractivity contribution in [2.45, 2.75) is 85.9 Å². The zero-order valence-electron chi connectivity index (χ0n) is 13.8. The summed E-state index contributed by atoms with van der Waals surface area (Å²) in [7, 11) is 0. The molecule has 0 fully saturated rings. The first kappa shape index (κ1) is 17.9. The Labute approximate surface area is 114 Å². The molecule has 0 heterocycles. The maximum absolute atomic E-state index is 9.69. The van der Waals surface area contributed by atoms with Gasteiger partial charge in [-0.2, -0.15) is 0 Å². The first-order chi connectivity index (χ1) is 7.83. The zero-order valence-corrected chi connectivity index (χ0v) is 13.8. The Kier molecular flexibility index (Phi) is 6.35. The molecule has 0 amide bonds. The third-order valence-electron chi connectivity index (χ3n) is 3.07. The summed E-state index contributed by atoms with van der Waals surface area (Å²) in [6, 6.07) is 0. The molecule has 2 nitrogen and oxygen atoms in total. The molecule has 0 saturated carbocycles. The Morgan fingerprint density at radius 1 is 1.00 bits per heavy atom. The Morgan fingerprint density at radius 2 is 1.50 bits per heavy atom. The van der Waals surface area contributed by atoms with Gasteiger partial charge in [0.2, 0.25) is 0 Å². The second kappa shape index (κ2) is 6.38. The van der Waals surface area contributed by atoms with E-state index < -0.39 is 5.60 Å². The van der Waals surface area contributed by atoms with Crippen molar-refractivity contribution >= 4 is 0 Å². The molecule has 0 aromatic rings. The molecule has 0 spiro atoms. The van der Waals surface area contributed by atoms with E-state index in [9.17, 15) is 5.11 Å². The molecule has 0 rings (SSSR count). The highest BCUT2D eigenvalue weighted by Crippen LogP contribution is 2.35. The van der Waals surface area contributed by atoms with Crippen LogP contribution in [0, 0.1) is 11.3 Å². The Balaban J connectivity index is 4.21. The molecule has 110 valence electrons. The molecule has 2 heteroatoms. The molecule has 0 unspecified atom stereocenters. The van der Waals surface area contributed by atoms with Gasteiger partial charge in [-0.1, -0.05) is 27.7 Å². The van der Waals surface area contributed by atoms with E-state index in [4.69, 9.17) is 4.74 Å². The van der Waals surface area contributed by atoms with Crippen LogP contribution < -0.4 is 0 Å². The lowest BCUT2D eigenvalue weighted by atomic mass is 9.76. The molecule has 0 aliphatic rings. The van der Waals surface area contributed by atoms with Crippen molar-refractivity contribution in [2.75, 3.05) is 6.61 Å². The van der Waals surface area contributed by atoms with Gasteiger partial charge in [-0.15, -0.1) is 0 Å². The van der Waals surface area contributed by atoms with Gasteiger partial charge in [0.05, 0.1) is 17.8 Å². The maximum atomic E-state index is 9.69. The SMILES string of the molecule is CC(C)CC(C)(C)CC(C)(C)OCCC(C)(C)O. The van der Waals surface area contributed by atoms with Crippen molar-refractivity contribution in [2.24, 2.45) is 11.3 Å². The van der Waals surface area contributed by atoms with Gasteiger partial charge in [0.25, 0.3) is 0 Å². The van der Waals surface area contributed by atoms with Crippen LogP contribution in [0.3, 0.4) is 0 Å². The molecule has 0 aromatic heterocycles. The van der Waals surface area contributed by atoms with Crippen LogP contribution in [0.2, 0.25) is 0 Å². The van der Waals surface area contributed by atoms with Gasteiger partial charge >= 0.3 is 0 Å². The number of rotatable bonds is 8. The molecule has 0 aromatic carbocycles. The molecule has 0 saturated heterocycles. The third kappa shape index (κ3) is 9.90. The first-order valence-electron chi connectivity index (χ1n) is 7.19. The summed E-state index contributed by atoms with van der Waals surface area (Å²) < 4.78 is 5.96. The molecule has 0 atom stereocenters. The van der Waals surface area contributed by atoms with Gasteiger partial charge in [0.1, 0.15) is 0 Å². The number of hydrogen-bond donors (Lipinski definition) is 1. The van der Waals surface area contributed by atoms with E-state index in [1.165, 1.54) is 6.42 Å². The third-order valence-corrected chi connectivity index (χ3v) is 3.07. The minimum Gasteiger partial charge on any atom is -0.390 e. The summed E-state index contributed by atoms with van der Waals surface area (Å²) in [5.74, 6) is 0.715. The van der Waals surface area contributed by atoms with Crippen molar-refractivity contribution in [3.05, 3.63) is 0 Å². The highest BCUT2D eigenvalue weighted by Gasteiger charge is 2.30. The highest BCUT2D eigenvalue weighted by atomic mass is 16.5. The number of hydrogen-bond acceptors (Lipinski definition) is 2. The summed E-state index contributed by atoms with van der Waals surface area (Å²) in [6.45, 7) is 17.7. The topological polar surface area (TPSA) is 29.5 Å². The zero-order chi connectivity index (χ0) is 14.6. The van der Waals surface area contributed by atoms with E-state index in [1.807, 2.05) is 13.8 Å². The largest absolute Gasteiger partial charge is 0.390 e. The van der Waals surface area contributed by atoms with Crippen LogP contribution in [0.4, 0.5) is 0 Å². The van der Waals surface area contributed by atoms with Crippen LogP contribution in [-0.4, -0.2) is 22.9 Å². The Hall–Kier alpha value is -0.0800. The molecule has 18 heavy (non-hydrogen) atoms. The van der Waals surface area contributed by atoms with E-state index in [0.29, 0.717) is 24.4 Å². The predicted octanol–water partition coefficient (Wildman–Crippen LogP) is 4.41. The lowest BCUT2D eigenvalue weighted by Crippen LogP contribution is -2.34.